The first-order valence-corrected chi connectivity index (χ1v) is 9.03. The minimum absolute atomic E-state index is 0.0306. The molecule has 0 unspecified atom stereocenters. The maximum absolute atomic E-state index is 12.6. The second kappa shape index (κ2) is 8.64. The molecular formula is C22H25N3O2. The van der Waals surface area contributed by atoms with Crippen molar-refractivity contribution >= 4 is 22.9 Å². The van der Waals surface area contributed by atoms with Crippen LogP contribution < -0.4 is 10.3 Å². The Balaban J connectivity index is 1.78. The molecule has 0 aliphatic heterocycles. The van der Waals surface area contributed by atoms with Gasteiger partial charge in [0.25, 0.3) is 5.56 Å². The van der Waals surface area contributed by atoms with E-state index in [0.717, 1.165) is 35.2 Å². The Hall–Kier alpha value is -2.92. The molecule has 5 nitrogen and oxygen atoms in total. The Morgan fingerprint density at radius 2 is 1.78 bits per heavy atom. The smallest absolute Gasteiger partial charge is 0.274 e. The number of benzene rings is 2. The fraction of sp³-hybridized carbons (Fsp3) is 0.273. The molecule has 0 atom stereocenters. The van der Waals surface area contributed by atoms with E-state index in [9.17, 15) is 4.79 Å². The van der Waals surface area contributed by atoms with Crippen LogP contribution in [-0.2, 0) is 6.54 Å². The molecule has 0 fully saturated rings. The Labute approximate surface area is 159 Å². The number of aromatic nitrogens is 2. The normalized spacial score (nSPS) is 11.6. The van der Waals surface area contributed by atoms with Crippen molar-refractivity contribution in [1.29, 1.82) is 0 Å². The highest BCUT2D eigenvalue weighted by atomic mass is 16.5. The molecule has 3 aromatic rings. The highest BCUT2D eigenvalue weighted by molar-refractivity contribution is 5.84. The van der Waals surface area contributed by atoms with Gasteiger partial charge in [0.15, 0.2) is 0 Å². The summed E-state index contributed by atoms with van der Waals surface area (Å²) in [5.74, 6) is 0.839. The minimum atomic E-state index is -0.0306. The number of hydrogen-bond donors (Lipinski definition) is 0. The number of aryl methyl sites for hydroxylation is 1. The number of rotatable bonds is 7. The number of fused-ring (bicyclic) bond motifs is 1. The monoisotopic (exact) mass is 363 g/mol. The molecule has 0 saturated heterocycles. The van der Waals surface area contributed by atoms with Gasteiger partial charge in [0.1, 0.15) is 5.75 Å². The zero-order valence-corrected chi connectivity index (χ0v) is 16.1. The van der Waals surface area contributed by atoms with E-state index in [2.05, 4.69) is 10.00 Å². The highest BCUT2D eigenvalue weighted by Crippen LogP contribution is 2.16. The van der Waals surface area contributed by atoms with E-state index in [-0.39, 0.29) is 5.56 Å². The second-order valence-corrected chi connectivity index (χ2v) is 6.78. The lowest BCUT2D eigenvalue weighted by molar-refractivity contribution is 0.378. The fourth-order valence-corrected chi connectivity index (χ4v) is 2.91. The summed E-state index contributed by atoms with van der Waals surface area (Å²) in [5, 5.41) is 5.90. The van der Waals surface area contributed by atoms with Crippen molar-refractivity contribution in [3.8, 4) is 5.75 Å². The van der Waals surface area contributed by atoms with Crippen LogP contribution in [0.5, 0.6) is 5.75 Å². The first kappa shape index (κ1) is 18.9. The summed E-state index contributed by atoms with van der Waals surface area (Å²) < 4.78 is 6.73. The summed E-state index contributed by atoms with van der Waals surface area (Å²) in [6.45, 7) is 1.56. The van der Waals surface area contributed by atoms with Crippen molar-refractivity contribution < 1.29 is 4.74 Å². The van der Waals surface area contributed by atoms with Gasteiger partial charge in [-0.3, -0.25) is 4.79 Å². The maximum Gasteiger partial charge on any atom is 0.274 e. The molecule has 0 spiro atoms. The quantitative estimate of drug-likeness (QED) is 0.603. The summed E-state index contributed by atoms with van der Waals surface area (Å²) in [7, 11) is 5.71. The summed E-state index contributed by atoms with van der Waals surface area (Å²) in [4.78, 5) is 14.7. The van der Waals surface area contributed by atoms with Gasteiger partial charge in [0.05, 0.1) is 18.7 Å². The predicted octanol–water partition coefficient (Wildman–Crippen LogP) is 3.53. The van der Waals surface area contributed by atoms with Crippen LogP contribution in [0.15, 0.2) is 53.5 Å². The zero-order valence-electron chi connectivity index (χ0n) is 16.1. The third-order valence-electron chi connectivity index (χ3n) is 4.44. The van der Waals surface area contributed by atoms with Gasteiger partial charge in [-0.15, -0.1) is 0 Å². The van der Waals surface area contributed by atoms with Gasteiger partial charge in [-0.1, -0.05) is 30.4 Å². The van der Waals surface area contributed by atoms with Crippen LogP contribution in [0.3, 0.4) is 0 Å². The molecular weight excluding hydrogens is 338 g/mol. The Kier molecular flexibility index (Phi) is 6.04. The Morgan fingerprint density at radius 3 is 2.48 bits per heavy atom. The third kappa shape index (κ3) is 4.83. The van der Waals surface area contributed by atoms with E-state index in [1.54, 1.807) is 18.0 Å². The van der Waals surface area contributed by atoms with E-state index in [0.29, 0.717) is 11.9 Å². The van der Waals surface area contributed by atoms with E-state index in [1.807, 2.05) is 68.7 Å². The van der Waals surface area contributed by atoms with Gasteiger partial charge >= 0.3 is 0 Å². The summed E-state index contributed by atoms with van der Waals surface area (Å²) in [5.41, 5.74) is 2.09. The van der Waals surface area contributed by atoms with Crippen molar-refractivity contribution in [2.45, 2.75) is 13.0 Å². The zero-order chi connectivity index (χ0) is 19.2. The summed E-state index contributed by atoms with van der Waals surface area (Å²) in [6, 6.07) is 13.7. The van der Waals surface area contributed by atoms with Crippen LogP contribution in [0.2, 0.25) is 0 Å². The second-order valence-electron chi connectivity index (χ2n) is 6.78. The highest BCUT2D eigenvalue weighted by Gasteiger charge is 2.05. The van der Waals surface area contributed by atoms with Crippen molar-refractivity contribution in [3.63, 3.8) is 0 Å². The number of nitrogens with zero attached hydrogens (tertiary/aromatic N) is 3. The molecule has 1 aromatic heterocycles. The average molecular weight is 363 g/mol. The van der Waals surface area contributed by atoms with Gasteiger partial charge in [0, 0.05) is 11.9 Å². The molecule has 27 heavy (non-hydrogen) atoms. The lowest BCUT2D eigenvalue weighted by Crippen LogP contribution is -2.25. The molecule has 0 saturated carbocycles. The molecule has 0 N–H and O–H groups in total. The Bertz CT molecular complexity index is 989. The van der Waals surface area contributed by atoms with Crippen LogP contribution in [0.1, 0.15) is 17.5 Å². The number of methoxy groups -OCH3 is 1. The van der Waals surface area contributed by atoms with Crippen molar-refractivity contribution in [1.82, 2.24) is 14.7 Å². The van der Waals surface area contributed by atoms with Gasteiger partial charge in [-0.25, -0.2) is 4.68 Å². The molecule has 0 bridgehead atoms. The molecule has 5 heteroatoms. The number of hydrogen-bond acceptors (Lipinski definition) is 4. The Morgan fingerprint density at radius 1 is 1.07 bits per heavy atom. The van der Waals surface area contributed by atoms with E-state index in [1.165, 1.54) is 0 Å². The lowest BCUT2D eigenvalue weighted by Gasteiger charge is -2.10. The topological polar surface area (TPSA) is 47.4 Å². The van der Waals surface area contributed by atoms with E-state index >= 15 is 0 Å². The van der Waals surface area contributed by atoms with Crippen molar-refractivity contribution in [3.05, 3.63) is 70.1 Å². The van der Waals surface area contributed by atoms with Crippen LogP contribution in [-0.4, -0.2) is 42.4 Å². The summed E-state index contributed by atoms with van der Waals surface area (Å²) in [6.07, 6.45) is 6.74. The minimum Gasteiger partial charge on any atom is -0.497 e. The van der Waals surface area contributed by atoms with Gasteiger partial charge in [-0.05, 0) is 62.5 Å². The molecule has 1 heterocycles. The van der Waals surface area contributed by atoms with Crippen molar-refractivity contribution in [2.75, 3.05) is 27.7 Å². The first-order chi connectivity index (χ1) is 13.1. The number of ether oxygens (including phenoxy) is 1. The van der Waals surface area contributed by atoms with E-state index in [4.69, 9.17) is 4.74 Å². The van der Waals surface area contributed by atoms with Crippen LogP contribution >= 0.6 is 0 Å². The van der Waals surface area contributed by atoms with Crippen molar-refractivity contribution in [2.24, 2.45) is 0 Å². The van der Waals surface area contributed by atoms with Crippen LogP contribution in [0.25, 0.3) is 22.9 Å². The molecule has 2 aromatic carbocycles. The largest absolute Gasteiger partial charge is 0.497 e. The molecule has 0 aliphatic rings. The molecule has 3 rings (SSSR count). The average Bonchev–Trinajstić information content (AvgIpc) is 2.68. The van der Waals surface area contributed by atoms with Crippen LogP contribution in [0, 0.1) is 0 Å². The van der Waals surface area contributed by atoms with Gasteiger partial charge in [0.2, 0.25) is 0 Å². The fourth-order valence-electron chi connectivity index (χ4n) is 2.91. The SMILES string of the molecule is COc1ccc(C=Cc2ccc3c(=O)n(CCCN(C)C)ncc3c2)cc1. The van der Waals surface area contributed by atoms with E-state index < -0.39 is 0 Å². The molecule has 0 amide bonds. The molecule has 0 aliphatic carbocycles. The molecule has 140 valence electrons. The maximum atomic E-state index is 12.6. The third-order valence-corrected chi connectivity index (χ3v) is 4.44. The first-order valence-electron chi connectivity index (χ1n) is 9.03. The molecule has 0 radical (unpaired) electrons. The van der Waals surface area contributed by atoms with Gasteiger partial charge < -0.3 is 9.64 Å². The predicted molar refractivity (Wildman–Crippen MR) is 111 cm³/mol. The van der Waals surface area contributed by atoms with Gasteiger partial charge in [-0.2, -0.15) is 5.10 Å². The summed E-state index contributed by atoms with van der Waals surface area (Å²) >= 11 is 0. The van der Waals surface area contributed by atoms with Crippen LogP contribution in [0.4, 0.5) is 0 Å². The lowest BCUT2D eigenvalue weighted by atomic mass is 10.1. The standard InChI is InChI=1S/C22H25N3O2/c1-24(2)13-4-14-25-22(26)21-12-9-18(15-19(21)16-23-25)6-5-17-7-10-20(27-3)11-8-17/h5-12,15-16H,4,13-14H2,1-3H3.